The van der Waals surface area contributed by atoms with Gasteiger partial charge in [0.2, 0.25) is 10.0 Å². The van der Waals surface area contributed by atoms with E-state index in [-0.39, 0.29) is 22.6 Å². The number of furan rings is 1. The normalized spacial score (nSPS) is 11.6. The Labute approximate surface area is 133 Å². The first kappa shape index (κ1) is 16.5. The van der Waals surface area contributed by atoms with Crippen LogP contribution in [0.15, 0.2) is 45.7 Å². The van der Waals surface area contributed by atoms with Gasteiger partial charge in [0.15, 0.2) is 5.22 Å². The van der Waals surface area contributed by atoms with Crippen molar-refractivity contribution in [2.75, 3.05) is 14.1 Å². The largest absolute Gasteiger partial charge is 0.448 e. The summed E-state index contributed by atoms with van der Waals surface area (Å²) in [7, 11) is -0.602. The fraction of sp³-hybridized carbons (Fsp3) is 0.214. The number of sulfonamides is 1. The molecule has 0 aliphatic rings. The van der Waals surface area contributed by atoms with Crippen LogP contribution in [0.5, 0.6) is 0 Å². The standard InChI is InChI=1S/C14H15ClN2O4S/c1-17(2)22(19,20)12-6-3-10(4-7-12)14(18)16-9-11-5-8-13(15)21-11/h3-8H,9H2,1-2H3,(H,16,18). The fourth-order valence-electron chi connectivity index (χ4n) is 1.71. The zero-order chi connectivity index (χ0) is 16.3. The van der Waals surface area contributed by atoms with Gasteiger partial charge in [0.05, 0.1) is 11.4 Å². The molecule has 0 aliphatic heterocycles. The van der Waals surface area contributed by atoms with Gasteiger partial charge in [-0.2, -0.15) is 0 Å². The predicted octanol–water partition coefficient (Wildman–Crippen LogP) is 2.11. The molecule has 0 saturated heterocycles. The van der Waals surface area contributed by atoms with Crippen LogP contribution in [0.4, 0.5) is 0 Å². The van der Waals surface area contributed by atoms with E-state index in [1.165, 1.54) is 38.4 Å². The van der Waals surface area contributed by atoms with Gasteiger partial charge >= 0.3 is 0 Å². The zero-order valence-electron chi connectivity index (χ0n) is 12.0. The Hall–Kier alpha value is -1.83. The maximum absolute atomic E-state index is 12.0. The van der Waals surface area contributed by atoms with Crippen molar-refractivity contribution in [3.63, 3.8) is 0 Å². The summed E-state index contributed by atoms with van der Waals surface area (Å²) in [4.78, 5) is 12.1. The SMILES string of the molecule is CN(C)S(=O)(=O)c1ccc(C(=O)NCc2ccc(Cl)o2)cc1. The van der Waals surface area contributed by atoms with Crippen molar-refractivity contribution >= 4 is 27.5 Å². The molecule has 1 aromatic carbocycles. The van der Waals surface area contributed by atoms with Crippen LogP contribution >= 0.6 is 11.6 Å². The van der Waals surface area contributed by atoms with E-state index in [1.54, 1.807) is 12.1 Å². The number of halogens is 1. The van der Waals surface area contributed by atoms with Crippen molar-refractivity contribution in [1.29, 1.82) is 0 Å². The van der Waals surface area contributed by atoms with Crippen LogP contribution in [-0.4, -0.2) is 32.7 Å². The Bertz CT molecular complexity index is 766. The lowest BCUT2D eigenvalue weighted by Gasteiger charge is -2.11. The van der Waals surface area contributed by atoms with Crippen LogP contribution in [0, 0.1) is 0 Å². The first-order valence-corrected chi connectivity index (χ1v) is 8.17. The molecule has 1 aromatic heterocycles. The molecule has 0 saturated carbocycles. The third kappa shape index (κ3) is 3.68. The lowest BCUT2D eigenvalue weighted by Crippen LogP contribution is -2.24. The van der Waals surface area contributed by atoms with Crippen LogP contribution in [0.3, 0.4) is 0 Å². The van der Waals surface area contributed by atoms with Crippen LogP contribution in [0.25, 0.3) is 0 Å². The summed E-state index contributed by atoms with van der Waals surface area (Å²) in [6, 6.07) is 8.96. The minimum absolute atomic E-state index is 0.131. The number of benzene rings is 1. The van der Waals surface area contributed by atoms with Gasteiger partial charge in [0.25, 0.3) is 5.91 Å². The van der Waals surface area contributed by atoms with Crippen LogP contribution in [0.2, 0.25) is 5.22 Å². The molecule has 0 radical (unpaired) electrons. The van der Waals surface area contributed by atoms with E-state index in [2.05, 4.69) is 5.32 Å². The summed E-state index contributed by atoms with van der Waals surface area (Å²) in [5.41, 5.74) is 0.357. The minimum atomic E-state index is -3.50. The third-order valence-corrected chi connectivity index (χ3v) is 4.98. The second kappa shape index (κ2) is 6.51. The van der Waals surface area contributed by atoms with Crippen molar-refractivity contribution < 1.29 is 17.6 Å². The fourth-order valence-corrected chi connectivity index (χ4v) is 2.77. The van der Waals surface area contributed by atoms with E-state index in [0.717, 1.165) is 4.31 Å². The summed E-state index contributed by atoms with van der Waals surface area (Å²) in [5.74, 6) is 0.200. The van der Waals surface area contributed by atoms with Gasteiger partial charge in [-0.05, 0) is 48.0 Å². The summed E-state index contributed by atoms with van der Waals surface area (Å²) >= 11 is 5.64. The third-order valence-electron chi connectivity index (χ3n) is 2.95. The molecular weight excluding hydrogens is 328 g/mol. The number of hydrogen-bond acceptors (Lipinski definition) is 4. The molecule has 1 N–H and O–H groups in total. The van der Waals surface area contributed by atoms with Crippen LogP contribution < -0.4 is 5.32 Å². The Morgan fingerprint density at radius 1 is 1.18 bits per heavy atom. The van der Waals surface area contributed by atoms with E-state index in [0.29, 0.717) is 11.3 Å². The van der Waals surface area contributed by atoms with Gasteiger partial charge in [0.1, 0.15) is 5.76 Å². The first-order chi connectivity index (χ1) is 10.3. The van der Waals surface area contributed by atoms with Gasteiger partial charge in [-0.1, -0.05) is 0 Å². The van der Waals surface area contributed by atoms with Gasteiger partial charge in [0, 0.05) is 19.7 Å². The monoisotopic (exact) mass is 342 g/mol. The van der Waals surface area contributed by atoms with Crippen molar-refractivity contribution in [2.24, 2.45) is 0 Å². The summed E-state index contributed by atoms with van der Waals surface area (Å²) in [6.45, 7) is 0.198. The highest BCUT2D eigenvalue weighted by Gasteiger charge is 2.17. The lowest BCUT2D eigenvalue weighted by atomic mass is 10.2. The number of rotatable bonds is 5. The molecule has 0 aliphatic carbocycles. The molecule has 1 heterocycles. The van der Waals surface area contributed by atoms with Crippen LogP contribution in [-0.2, 0) is 16.6 Å². The van der Waals surface area contributed by atoms with E-state index < -0.39 is 10.0 Å². The molecular formula is C14H15ClN2O4S. The highest BCUT2D eigenvalue weighted by atomic mass is 35.5. The Kier molecular flexibility index (Phi) is 4.90. The molecule has 2 rings (SSSR count). The summed E-state index contributed by atoms with van der Waals surface area (Å²) in [5, 5.41) is 2.91. The van der Waals surface area contributed by atoms with Crippen molar-refractivity contribution in [2.45, 2.75) is 11.4 Å². The highest BCUT2D eigenvalue weighted by molar-refractivity contribution is 7.89. The molecule has 1 amide bonds. The molecule has 22 heavy (non-hydrogen) atoms. The minimum Gasteiger partial charge on any atom is -0.448 e. The maximum atomic E-state index is 12.0. The molecule has 118 valence electrons. The number of nitrogens with zero attached hydrogens (tertiary/aromatic N) is 1. The number of amides is 1. The van der Waals surface area contributed by atoms with Gasteiger partial charge in [-0.15, -0.1) is 0 Å². The Morgan fingerprint density at radius 2 is 1.82 bits per heavy atom. The molecule has 0 fully saturated rings. The second-order valence-electron chi connectivity index (χ2n) is 4.70. The highest BCUT2D eigenvalue weighted by Crippen LogP contribution is 2.15. The van der Waals surface area contributed by atoms with Crippen molar-refractivity contribution in [1.82, 2.24) is 9.62 Å². The Balaban J connectivity index is 2.05. The van der Waals surface area contributed by atoms with Crippen LogP contribution in [0.1, 0.15) is 16.1 Å². The molecule has 0 bridgehead atoms. The smallest absolute Gasteiger partial charge is 0.251 e. The van der Waals surface area contributed by atoms with E-state index >= 15 is 0 Å². The van der Waals surface area contributed by atoms with E-state index in [4.69, 9.17) is 16.0 Å². The average molecular weight is 343 g/mol. The predicted molar refractivity (Wildman–Crippen MR) is 82.2 cm³/mol. The van der Waals surface area contributed by atoms with Crippen molar-refractivity contribution in [3.05, 3.63) is 52.9 Å². The number of hydrogen-bond donors (Lipinski definition) is 1. The number of nitrogens with one attached hydrogen (secondary N) is 1. The van der Waals surface area contributed by atoms with Crippen molar-refractivity contribution in [3.8, 4) is 0 Å². The molecule has 8 heteroatoms. The number of carbonyl (C=O) groups is 1. The first-order valence-electron chi connectivity index (χ1n) is 6.35. The van der Waals surface area contributed by atoms with E-state index in [1.807, 2.05) is 0 Å². The van der Waals surface area contributed by atoms with Gasteiger partial charge in [-0.25, -0.2) is 12.7 Å². The zero-order valence-corrected chi connectivity index (χ0v) is 13.6. The van der Waals surface area contributed by atoms with E-state index in [9.17, 15) is 13.2 Å². The second-order valence-corrected chi connectivity index (χ2v) is 7.22. The lowest BCUT2D eigenvalue weighted by molar-refractivity contribution is 0.0948. The maximum Gasteiger partial charge on any atom is 0.251 e. The summed E-state index contributed by atoms with van der Waals surface area (Å²) in [6.07, 6.45) is 0. The molecule has 0 atom stereocenters. The molecule has 6 nitrogen and oxygen atoms in total. The summed E-state index contributed by atoms with van der Waals surface area (Å²) < 4.78 is 30.1. The van der Waals surface area contributed by atoms with Gasteiger partial charge < -0.3 is 9.73 Å². The quantitative estimate of drug-likeness (QED) is 0.902. The molecule has 0 spiro atoms. The molecule has 2 aromatic rings. The average Bonchev–Trinajstić information content (AvgIpc) is 2.90. The van der Waals surface area contributed by atoms with Gasteiger partial charge in [-0.3, -0.25) is 4.79 Å². The Morgan fingerprint density at radius 3 is 2.32 bits per heavy atom. The topological polar surface area (TPSA) is 79.6 Å². The number of carbonyl (C=O) groups excluding carboxylic acids is 1. The molecule has 0 unspecified atom stereocenters.